The van der Waals surface area contributed by atoms with Gasteiger partial charge in [-0.25, -0.2) is 0 Å². The Hall–Kier alpha value is -1.61. The summed E-state index contributed by atoms with van der Waals surface area (Å²) in [5.74, 6) is 0.529. The molecule has 3 nitrogen and oxygen atoms in total. The van der Waals surface area contributed by atoms with Crippen LogP contribution in [0.1, 0.15) is 42.4 Å². The van der Waals surface area contributed by atoms with Gasteiger partial charge in [0.05, 0.1) is 6.20 Å². The molecule has 2 aromatic rings. The van der Waals surface area contributed by atoms with Crippen molar-refractivity contribution >= 4 is 0 Å². The van der Waals surface area contributed by atoms with E-state index in [1.54, 1.807) is 0 Å². The number of hydrogen-bond donors (Lipinski definition) is 1. The number of nitrogens with one attached hydrogen (secondary N) is 1. The smallest absolute Gasteiger partial charge is 0.0521 e. The zero-order chi connectivity index (χ0) is 14.7. The molecule has 0 aliphatic heterocycles. The Morgan fingerprint density at radius 1 is 1.33 bits per heavy atom. The Morgan fingerprint density at radius 3 is 2.81 bits per heavy atom. The van der Waals surface area contributed by atoms with Crippen LogP contribution in [0.5, 0.6) is 0 Å². The molecule has 21 heavy (non-hydrogen) atoms. The van der Waals surface area contributed by atoms with Crippen molar-refractivity contribution in [3.8, 4) is 0 Å². The van der Waals surface area contributed by atoms with E-state index in [-0.39, 0.29) is 0 Å². The van der Waals surface area contributed by atoms with E-state index in [4.69, 9.17) is 0 Å². The summed E-state index contributed by atoms with van der Waals surface area (Å²) in [6.07, 6.45) is 7.95. The summed E-state index contributed by atoms with van der Waals surface area (Å²) < 4.78 is 2.01. The van der Waals surface area contributed by atoms with Crippen molar-refractivity contribution in [2.45, 2.75) is 51.6 Å². The highest BCUT2D eigenvalue weighted by Gasteiger charge is 2.23. The molecule has 1 aliphatic carbocycles. The van der Waals surface area contributed by atoms with Gasteiger partial charge in [0.2, 0.25) is 0 Å². The van der Waals surface area contributed by atoms with E-state index < -0.39 is 0 Å². The highest BCUT2D eigenvalue weighted by Crippen LogP contribution is 2.26. The summed E-state index contributed by atoms with van der Waals surface area (Å²) in [5.41, 5.74) is 4.19. The first-order valence-electron chi connectivity index (χ1n) is 8.06. The second kappa shape index (κ2) is 6.44. The van der Waals surface area contributed by atoms with Crippen LogP contribution < -0.4 is 5.32 Å². The lowest BCUT2D eigenvalue weighted by molar-refractivity contribution is 0.574. The zero-order valence-corrected chi connectivity index (χ0v) is 13.0. The molecule has 1 aliphatic rings. The lowest BCUT2D eigenvalue weighted by atomic mass is 9.90. The van der Waals surface area contributed by atoms with Gasteiger partial charge in [-0.2, -0.15) is 5.10 Å². The SMILES string of the molecule is CCn1cc(CC(CNC2CC2)c2ccccc2C)cn1. The third-order valence-electron chi connectivity index (χ3n) is 4.35. The van der Waals surface area contributed by atoms with E-state index in [0.29, 0.717) is 5.92 Å². The average Bonchev–Trinajstić information content (AvgIpc) is 3.22. The number of aromatic nitrogens is 2. The Labute approximate surface area is 127 Å². The number of aryl methyl sites for hydroxylation is 2. The first-order chi connectivity index (χ1) is 10.3. The van der Waals surface area contributed by atoms with Crippen LogP contribution in [-0.4, -0.2) is 22.4 Å². The van der Waals surface area contributed by atoms with Crippen LogP contribution in [0.3, 0.4) is 0 Å². The molecule has 3 rings (SSSR count). The van der Waals surface area contributed by atoms with Crippen molar-refractivity contribution in [1.29, 1.82) is 0 Å². The fourth-order valence-electron chi connectivity index (χ4n) is 2.90. The lowest BCUT2D eigenvalue weighted by Gasteiger charge is -2.19. The van der Waals surface area contributed by atoms with Crippen molar-refractivity contribution in [3.63, 3.8) is 0 Å². The van der Waals surface area contributed by atoms with Gasteiger partial charge < -0.3 is 5.32 Å². The fraction of sp³-hybridized carbons (Fsp3) is 0.500. The van der Waals surface area contributed by atoms with Crippen molar-refractivity contribution in [3.05, 3.63) is 53.3 Å². The minimum Gasteiger partial charge on any atom is -0.313 e. The molecule has 1 heterocycles. The molecular formula is C18H25N3. The van der Waals surface area contributed by atoms with Crippen molar-refractivity contribution in [2.75, 3.05) is 6.54 Å². The first-order valence-corrected chi connectivity index (χ1v) is 8.06. The van der Waals surface area contributed by atoms with Crippen LogP contribution in [0.25, 0.3) is 0 Å². The molecule has 0 radical (unpaired) electrons. The average molecular weight is 283 g/mol. The molecule has 112 valence electrons. The predicted molar refractivity (Wildman–Crippen MR) is 86.5 cm³/mol. The maximum atomic E-state index is 4.41. The molecule has 0 bridgehead atoms. The van der Waals surface area contributed by atoms with Crippen LogP contribution in [0.15, 0.2) is 36.7 Å². The molecule has 1 saturated carbocycles. The largest absolute Gasteiger partial charge is 0.313 e. The van der Waals surface area contributed by atoms with Crippen LogP contribution in [0, 0.1) is 6.92 Å². The first kappa shape index (κ1) is 14.3. The maximum absolute atomic E-state index is 4.41. The molecule has 0 spiro atoms. The molecular weight excluding hydrogens is 258 g/mol. The standard InChI is InChI=1S/C18H25N3/c1-3-21-13-15(11-20-21)10-16(12-19-17-8-9-17)18-7-5-4-6-14(18)2/h4-7,11,13,16-17,19H,3,8-10,12H2,1-2H3. The number of rotatable bonds is 7. The van der Waals surface area contributed by atoms with Gasteiger partial charge in [-0.15, -0.1) is 0 Å². The molecule has 1 fully saturated rings. The Bertz CT molecular complexity index is 584. The molecule has 1 atom stereocenters. The van der Waals surface area contributed by atoms with Crippen molar-refractivity contribution < 1.29 is 0 Å². The maximum Gasteiger partial charge on any atom is 0.0521 e. The highest BCUT2D eigenvalue weighted by molar-refractivity contribution is 5.31. The Morgan fingerprint density at radius 2 is 2.14 bits per heavy atom. The summed E-state index contributed by atoms with van der Waals surface area (Å²) in [7, 11) is 0. The minimum absolute atomic E-state index is 0.529. The van der Waals surface area contributed by atoms with Crippen LogP contribution in [0.2, 0.25) is 0 Å². The summed E-state index contributed by atoms with van der Waals surface area (Å²) >= 11 is 0. The number of nitrogens with zero attached hydrogens (tertiary/aromatic N) is 2. The van der Waals surface area contributed by atoms with Gasteiger partial charge in [0.25, 0.3) is 0 Å². The molecule has 0 amide bonds. The predicted octanol–water partition coefficient (Wildman–Crippen LogP) is 3.29. The molecule has 1 unspecified atom stereocenters. The second-order valence-corrected chi connectivity index (χ2v) is 6.14. The van der Waals surface area contributed by atoms with E-state index in [1.807, 2.05) is 10.9 Å². The lowest BCUT2D eigenvalue weighted by Crippen LogP contribution is -2.25. The third-order valence-corrected chi connectivity index (χ3v) is 4.35. The fourth-order valence-corrected chi connectivity index (χ4v) is 2.90. The topological polar surface area (TPSA) is 29.9 Å². The monoisotopic (exact) mass is 283 g/mol. The van der Waals surface area contributed by atoms with Gasteiger partial charge >= 0.3 is 0 Å². The van der Waals surface area contributed by atoms with Crippen LogP contribution >= 0.6 is 0 Å². The van der Waals surface area contributed by atoms with Gasteiger partial charge in [-0.1, -0.05) is 24.3 Å². The second-order valence-electron chi connectivity index (χ2n) is 6.14. The van der Waals surface area contributed by atoms with E-state index in [9.17, 15) is 0 Å². The van der Waals surface area contributed by atoms with E-state index in [1.165, 1.54) is 29.5 Å². The Kier molecular flexibility index (Phi) is 4.39. The van der Waals surface area contributed by atoms with E-state index in [0.717, 1.165) is 25.6 Å². The van der Waals surface area contributed by atoms with Gasteiger partial charge in [-0.05, 0) is 49.8 Å². The molecule has 3 heteroatoms. The normalized spacial score (nSPS) is 16.1. The molecule has 1 N–H and O–H groups in total. The van der Waals surface area contributed by atoms with Gasteiger partial charge in [0.15, 0.2) is 0 Å². The summed E-state index contributed by atoms with van der Waals surface area (Å²) in [6.45, 7) is 6.35. The van der Waals surface area contributed by atoms with Crippen LogP contribution in [-0.2, 0) is 13.0 Å². The van der Waals surface area contributed by atoms with E-state index in [2.05, 4.69) is 54.7 Å². The van der Waals surface area contributed by atoms with Gasteiger partial charge in [-0.3, -0.25) is 4.68 Å². The van der Waals surface area contributed by atoms with Gasteiger partial charge in [0, 0.05) is 31.2 Å². The Balaban J connectivity index is 1.75. The van der Waals surface area contributed by atoms with Gasteiger partial charge in [0.1, 0.15) is 0 Å². The molecule has 1 aromatic heterocycles. The molecule has 0 saturated heterocycles. The summed E-state index contributed by atoms with van der Waals surface area (Å²) in [5, 5.41) is 8.10. The highest BCUT2D eigenvalue weighted by atomic mass is 15.3. The van der Waals surface area contributed by atoms with Crippen molar-refractivity contribution in [2.24, 2.45) is 0 Å². The number of hydrogen-bond acceptors (Lipinski definition) is 2. The summed E-state index contributed by atoms with van der Waals surface area (Å²) in [6, 6.07) is 9.53. The van der Waals surface area contributed by atoms with Crippen molar-refractivity contribution in [1.82, 2.24) is 15.1 Å². The minimum atomic E-state index is 0.529. The number of benzene rings is 1. The molecule has 1 aromatic carbocycles. The zero-order valence-electron chi connectivity index (χ0n) is 13.0. The summed E-state index contributed by atoms with van der Waals surface area (Å²) in [4.78, 5) is 0. The van der Waals surface area contributed by atoms with Crippen LogP contribution in [0.4, 0.5) is 0 Å². The third kappa shape index (κ3) is 3.73. The van der Waals surface area contributed by atoms with E-state index >= 15 is 0 Å². The quantitative estimate of drug-likeness (QED) is 0.845.